The van der Waals surface area contributed by atoms with Gasteiger partial charge in [0.1, 0.15) is 17.1 Å². The summed E-state index contributed by atoms with van der Waals surface area (Å²) in [6.45, 7) is 1.66. The molecule has 0 aliphatic carbocycles. The lowest BCUT2D eigenvalue weighted by Gasteiger charge is -2.27. The summed E-state index contributed by atoms with van der Waals surface area (Å²) in [5.41, 5.74) is 1.94. The first-order valence-electron chi connectivity index (χ1n) is 6.13. The summed E-state index contributed by atoms with van der Waals surface area (Å²) < 4.78 is 14.2. The number of methoxy groups -OCH3 is 1. The average Bonchev–Trinajstić information content (AvgIpc) is 2.70. The summed E-state index contributed by atoms with van der Waals surface area (Å²) in [5.74, 6) is 2.05. The molecule has 1 aromatic carbocycles. The van der Waals surface area contributed by atoms with Crippen LogP contribution in [-0.4, -0.2) is 29.4 Å². The highest BCUT2D eigenvalue weighted by atomic mass is 127. The van der Waals surface area contributed by atoms with Gasteiger partial charge in [-0.3, -0.25) is 0 Å². The zero-order valence-electron chi connectivity index (χ0n) is 10.5. The number of hydrogen-bond donors (Lipinski definition) is 0. The van der Waals surface area contributed by atoms with Crippen LogP contribution in [0.15, 0.2) is 12.1 Å². The Bertz CT molecular complexity index is 610. The molecule has 1 aromatic heterocycles. The predicted octanol–water partition coefficient (Wildman–Crippen LogP) is 3.18. The molecule has 6 heteroatoms. The predicted molar refractivity (Wildman–Crippen MR) is 82.9 cm³/mol. The van der Waals surface area contributed by atoms with E-state index in [2.05, 4.69) is 38.2 Å². The molecule has 1 fully saturated rings. The lowest BCUT2D eigenvalue weighted by atomic mass is 10.2. The topological polar surface area (TPSA) is 36.3 Å². The van der Waals surface area contributed by atoms with Crippen LogP contribution in [0.25, 0.3) is 11.0 Å². The second-order valence-electron chi connectivity index (χ2n) is 4.53. The van der Waals surface area contributed by atoms with Gasteiger partial charge in [0.25, 0.3) is 0 Å². The Hall–Kier alpha value is -0.530. The van der Waals surface area contributed by atoms with Crippen molar-refractivity contribution in [1.82, 2.24) is 9.55 Å². The van der Waals surface area contributed by atoms with Crippen molar-refractivity contribution in [1.29, 1.82) is 0 Å². The zero-order valence-corrected chi connectivity index (χ0v) is 13.4. The quantitative estimate of drug-likeness (QED) is 0.592. The van der Waals surface area contributed by atoms with Crippen LogP contribution >= 0.6 is 34.2 Å². The molecule has 0 bridgehead atoms. The van der Waals surface area contributed by atoms with E-state index in [4.69, 9.17) is 21.1 Å². The number of aromatic nitrogens is 2. The van der Waals surface area contributed by atoms with Crippen LogP contribution in [0.2, 0.25) is 0 Å². The van der Waals surface area contributed by atoms with Gasteiger partial charge in [-0.05, 0) is 41.1 Å². The van der Waals surface area contributed by atoms with Crippen LogP contribution in [0.3, 0.4) is 0 Å². The second-order valence-corrected chi connectivity index (χ2v) is 6.04. The molecule has 4 nitrogen and oxygen atoms in total. The Morgan fingerprint density at radius 1 is 1.58 bits per heavy atom. The molecular weight excluding hydrogens is 379 g/mol. The molecule has 2 heterocycles. The molecule has 3 rings (SSSR count). The molecule has 1 atom stereocenters. The van der Waals surface area contributed by atoms with Crippen LogP contribution in [0.4, 0.5) is 0 Å². The van der Waals surface area contributed by atoms with Gasteiger partial charge >= 0.3 is 0 Å². The standard InChI is InChI=1S/C13H14ClIN2O2/c1-18-11-5-8(15)4-10-13(11)16-12(6-14)17(10)7-9-2-3-19-9/h4-5,9H,2-3,6-7H2,1H3/t9-/m0/s1. The average molecular weight is 393 g/mol. The Morgan fingerprint density at radius 2 is 2.37 bits per heavy atom. The van der Waals surface area contributed by atoms with Gasteiger partial charge in [0.05, 0.1) is 31.2 Å². The van der Waals surface area contributed by atoms with Crippen molar-refractivity contribution in [3.8, 4) is 5.75 Å². The third kappa shape index (κ3) is 2.43. The number of alkyl halides is 1. The molecule has 0 amide bonds. The summed E-state index contributed by atoms with van der Waals surface area (Å²) in [6, 6.07) is 4.10. The molecular formula is C13H14ClIN2O2. The fourth-order valence-corrected chi connectivity index (χ4v) is 3.08. The van der Waals surface area contributed by atoms with E-state index in [0.29, 0.717) is 5.88 Å². The van der Waals surface area contributed by atoms with Gasteiger partial charge in [-0.2, -0.15) is 0 Å². The molecule has 102 valence electrons. The van der Waals surface area contributed by atoms with Gasteiger partial charge < -0.3 is 14.0 Å². The number of imidazole rings is 1. The summed E-state index contributed by atoms with van der Waals surface area (Å²) in [4.78, 5) is 4.60. The largest absolute Gasteiger partial charge is 0.494 e. The van der Waals surface area contributed by atoms with Gasteiger partial charge in [0.15, 0.2) is 0 Å². The number of benzene rings is 1. The first-order chi connectivity index (χ1) is 9.22. The molecule has 0 N–H and O–H groups in total. The van der Waals surface area contributed by atoms with Crippen molar-refractivity contribution >= 4 is 45.2 Å². The van der Waals surface area contributed by atoms with Crippen LogP contribution in [0, 0.1) is 3.57 Å². The van der Waals surface area contributed by atoms with Gasteiger partial charge in [-0.15, -0.1) is 11.6 Å². The molecule has 1 saturated heterocycles. The van der Waals surface area contributed by atoms with Crippen molar-refractivity contribution in [3.63, 3.8) is 0 Å². The Kier molecular flexibility index (Phi) is 3.86. The number of rotatable bonds is 4. The lowest BCUT2D eigenvalue weighted by Crippen LogP contribution is -2.31. The zero-order chi connectivity index (χ0) is 13.4. The van der Waals surface area contributed by atoms with E-state index in [9.17, 15) is 0 Å². The molecule has 0 saturated carbocycles. The van der Waals surface area contributed by atoms with Gasteiger partial charge in [0.2, 0.25) is 0 Å². The van der Waals surface area contributed by atoms with Crippen molar-refractivity contribution < 1.29 is 9.47 Å². The third-order valence-corrected chi connectivity index (χ3v) is 4.24. The fraction of sp³-hybridized carbons (Fsp3) is 0.462. The minimum atomic E-state index is 0.281. The van der Waals surface area contributed by atoms with E-state index >= 15 is 0 Å². The SMILES string of the molecule is COc1cc(I)cc2c1nc(CCl)n2C[C@@H]1CCO1. The maximum Gasteiger partial charge on any atom is 0.147 e. The Balaban J connectivity index is 2.13. The van der Waals surface area contributed by atoms with Gasteiger partial charge in [-0.1, -0.05) is 0 Å². The lowest BCUT2D eigenvalue weighted by molar-refractivity contribution is -0.0589. The normalized spacial score (nSPS) is 18.6. The summed E-state index contributed by atoms with van der Waals surface area (Å²) in [6.07, 6.45) is 1.38. The number of hydrogen-bond acceptors (Lipinski definition) is 3. The monoisotopic (exact) mass is 392 g/mol. The van der Waals surface area contributed by atoms with E-state index in [-0.39, 0.29) is 6.10 Å². The van der Waals surface area contributed by atoms with Crippen molar-refractivity contribution in [2.75, 3.05) is 13.7 Å². The molecule has 0 spiro atoms. The van der Waals surface area contributed by atoms with Crippen LogP contribution in [-0.2, 0) is 17.2 Å². The van der Waals surface area contributed by atoms with Crippen LogP contribution in [0.5, 0.6) is 5.75 Å². The molecule has 1 aliphatic rings. The second kappa shape index (κ2) is 5.46. The molecule has 2 aromatic rings. The van der Waals surface area contributed by atoms with Crippen molar-refractivity contribution in [3.05, 3.63) is 21.5 Å². The first kappa shape index (κ1) is 13.5. The molecule has 1 aliphatic heterocycles. The van der Waals surface area contributed by atoms with E-state index in [1.807, 2.05) is 6.07 Å². The Morgan fingerprint density at radius 3 is 2.95 bits per heavy atom. The van der Waals surface area contributed by atoms with E-state index in [1.54, 1.807) is 7.11 Å². The maximum atomic E-state index is 6.02. The maximum absolute atomic E-state index is 6.02. The van der Waals surface area contributed by atoms with Gasteiger partial charge in [-0.25, -0.2) is 4.98 Å². The highest BCUT2D eigenvalue weighted by Crippen LogP contribution is 2.30. The van der Waals surface area contributed by atoms with E-state index in [1.165, 1.54) is 0 Å². The van der Waals surface area contributed by atoms with Crippen LogP contribution in [0.1, 0.15) is 12.2 Å². The summed E-state index contributed by atoms with van der Waals surface area (Å²) in [7, 11) is 1.67. The highest BCUT2D eigenvalue weighted by Gasteiger charge is 2.22. The van der Waals surface area contributed by atoms with E-state index < -0.39 is 0 Å². The third-order valence-electron chi connectivity index (χ3n) is 3.38. The van der Waals surface area contributed by atoms with E-state index in [0.717, 1.165) is 45.7 Å². The summed E-state index contributed by atoms with van der Waals surface area (Å²) in [5, 5.41) is 0. The fourth-order valence-electron chi connectivity index (χ4n) is 2.30. The molecule has 0 unspecified atom stereocenters. The van der Waals surface area contributed by atoms with Crippen LogP contribution < -0.4 is 4.74 Å². The number of halogens is 2. The smallest absolute Gasteiger partial charge is 0.147 e. The number of fused-ring (bicyclic) bond motifs is 1. The highest BCUT2D eigenvalue weighted by molar-refractivity contribution is 14.1. The molecule has 0 radical (unpaired) electrons. The minimum Gasteiger partial charge on any atom is -0.494 e. The number of nitrogens with zero attached hydrogens (tertiary/aromatic N) is 2. The minimum absolute atomic E-state index is 0.281. The van der Waals surface area contributed by atoms with Crippen molar-refractivity contribution in [2.45, 2.75) is 24.9 Å². The first-order valence-corrected chi connectivity index (χ1v) is 7.74. The van der Waals surface area contributed by atoms with Crippen molar-refractivity contribution in [2.24, 2.45) is 0 Å². The Labute approximate surface area is 130 Å². The summed E-state index contributed by atoms with van der Waals surface area (Å²) >= 11 is 8.30. The van der Waals surface area contributed by atoms with Gasteiger partial charge in [0, 0.05) is 10.2 Å². The molecule has 19 heavy (non-hydrogen) atoms. The number of ether oxygens (including phenoxy) is 2.